The van der Waals surface area contributed by atoms with Gasteiger partial charge in [0, 0.05) is 11.3 Å². The first-order valence-corrected chi connectivity index (χ1v) is 8.64. The molecule has 0 radical (unpaired) electrons. The SMILES string of the molecule is Cc1cc(Nc2ccc3nnc(-c4ccccc4)n3n2)ccc1OCCO. The lowest BCUT2D eigenvalue weighted by molar-refractivity contribution is 0.200. The predicted octanol–water partition coefficient (Wildman–Crippen LogP) is 3.21. The molecule has 0 aliphatic heterocycles. The first kappa shape index (κ1) is 17.0. The van der Waals surface area contributed by atoms with Gasteiger partial charge in [0.2, 0.25) is 0 Å². The largest absolute Gasteiger partial charge is 0.491 e. The monoisotopic (exact) mass is 361 g/mol. The Morgan fingerprint density at radius 2 is 1.89 bits per heavy atom. The standard InChI is InChI=1S/C20H19N5O2/c1-14-13-16(7-8-17(14)27-12-11-26)21-18-9-10-19-22-23-20(25(19)24-18)15-5-3-2-4-6-15/h2-10,13,26H,11-12H2,1H3,(H,21,24). The topological polar surface area (TPSA) is 84.6 Å². The van der Waals surface area contributed by atoms with Crippen molar-refractivity contribution in [1.29, 1.82) is 0 Å². The first-order chi connectivity index (χ1) is 13.2. The molecule has 27 heavy (non-hydrogen) atoms. The third-order valence-corrected chi connectivity index (χ3v) is 4.09. The second-order valence-corrected chi connectivity index (χ2v) is 6.06. The highest BCUT2D eigenvalue weighted by Gasteiger charge is 2.10. The maximum Gasteiger partial charge on any atom is 0.185 e. The zero-order valence-electron chi connectivity index (χ0n) is 14.8. The zero-order valence-corrected chi connectivity index (χ0v) is 14.8. The fourth-order valence-electron chi connectivity index (χ4n) is 2.82. The lowest BCUT2D eigenvalue weighted by Gasteiger charge is -2.11. The summed E-state index contributed by atoms with van der Waals surface area (Å²) in [6, 6.07) is 19.3. The molecule has 4 rings (SSSR count). The van der Waals surface area contributed by atoms with Crippen LogP contribution in [-0.4, -0.2) is 38.1 Å². The van der Waals surface area contributed by atoms with E-state index in [0.717, 1.165) is 22.6 Å². The summed E-state index contributed by atoms with van der Waals surface area (Å²) in [5, 5.41) is 25.2. The van der Waals surface area contributed by atoms with Gasteiger partial charge in [0.1, 0.15) is 12.4 Å². The van der Waals surface area contributed by atoms with Crippen molar-refractivity contribution in [2.24, 2.45) is 0 Å². The van der Waals surface area contributed by atoms with Crippen LogP contribution in [0.15, 0.2) is 60.7 Å². The number of aliphatic hydroxyl groups excluding tert-OH is 1. The fraction of sp³-hybridized carbons (Fsp3) is 0.150. The molecule has 0 aliphatic carbocycles. The van der Waals surface area contributed by atoms with Gasteiger partial charge in [0.25, 0.3) is 0 Å². The normalized spacial score (nSPS) is 10.9. The molecule has 4 aromatic rings. The van der Waals surface area contributed by atoms with Crippen molar-refractivity contribution >= 4 is 17.2 Å². The van der Waals surface area contributed by atoms with Crippen LogP contribution in [0.5, 0.6) is 5.75 Å². The first-order valence-electron chi connectivity index (χ1n) is 8.64. The number of aliphatic hydroxyl groups is 1. The minimum Gasteiger partial charge on any atom is -0.491 e. The molecule has 2 aromatic heterocycles. The van der Waals surface area contributed by atoms with Crippen molar-refractivity contribution in [1.82, 2.24) is 19.8 Å². The molecule has 0 bridgehead atoms. The average Bonchev–Trinajstić information content (AvgIpc) is 3.11. The van der Waals surface area contributed by atoms with Crippen molar-refractivity contribution in [3.63, 3.8) is 0 Å². The van der Waals surface area contributed by atoms with E-state index in [0.29, 0.717) is 17.3 Å². The smallest absolute Gasteiger partial charge is 0.185 e. The summed E-state index contributed by atoms with van der Waals surface area (Å²) in [6.07, 6.45) is 0. The van der Waals surface area contributed by atoms with E-state index < -0.39 is 0 Å². The lowest BCUT2D eigenvalue weighted by Crippen LogP contribution is -2.03. The second kappa shape index (κ2) is 7.43. The van der Waals surface area contributed by atoms with Gasteiger partial charge in [0.05, 0.1) is 6.61 Å². The number of hydrogen-bond acceptors (Lipinski definition) is 6. The highest BCUT2D eigenvalue weighted by atomic mass is 16.5. The molecule has 0 unspecified atom stereocenters. The van der Waals surface area contributed by atoms with Crippen LogP contribution in [0.4, 0.5) is 11.5 Å². The van der Waals surface area contributed by atoms with Crippen LogP contribution in [0, 0.1) is 6.92 Å². The number of hydrogen-bond donors (Lipinski definition) is 2. The van der Waals surface area contributed by atoms with E-state index in [-0.39, 0.29) is 13.2 Å². The number of aromatic nitrogens is 4. The number of aryl methyl sites for hydroxylation is 1. The van der Waals surface area contributed by atoms with Crippen LogP contribution in [0.3, 0.4) is 0 Å². The van der Waals surface area contributed by atoms with E-state index in [1.165, 1.54) is 0 Å². The van der Waals surface area contributed by atoms with Gasteiger partial charge in [0.15, 0.2) is 17.3 Å². The number of rotatable bonds is 6. The van der Waals surface area contributed by atoms with E-state index in [1.807, 2.05) is 67.6 Å². The summed E-state index contributed by atoms with van der Waals surface area (Å²) in [7, 11) is 0. The molecule has 0 spiro atoms. The summed E-state index contributed by atoms with van der Waals surface area (Å²) in [6.45, 7) is 2.23. The van der Waals surface area contributed by atoms with Gasteiger partial charge in [-0.1, -0.05) is 30.3 Å². The van der Waals surface area contributed by atoms with Crippen LogP contribution >= 0.6 is 0 Å². The van der Waals surface area contributed by atoms with Crippen LogP contribution < -0.4 is 10.1 Å². The van der Waals surface area contributed by atoms with E-state index in [9.17, 15) is 0 Å². The van der Waals surface area contributed by atoms with E-state index in [2.05, 4.69) is 20.6 Å². The molecule has 2 heterocycles. The summed E-state index contributed by atoms with van der Waals surface area (Å²) in [5.41, 5.74) is 3.51. The fourth-order valence-corrected chi connectivity index (χ4v) is 2.82. The van der Waals surface area contributed by atoms with Crippen LogP contribution in [0.25, 0.3) is 17.0 Å². The van der Waals surface area contributed by atoms with Gasteiger partial charge in [-0.15, -0.1) is 15.3 Å². The van der Waals surface area contributed by atoms with Gasteiger partial charge >= 0.3 is 0 Å². The number of anilines is 2. The highest BCUT2D eigenvalue weighted by molar-refractivity contribution is 5.62. The quantitative estimate of drug-likeness (QED) is 0.549. The van der Waals surface area contributed by atoms with Gasteiger partial charge in [-0.05, 0) is 42.8 Å². The summed E-state index contributed by atoms with van der Waals surface area (Å²) < 4.78 is 7.21. The number of benzene rings is 2. The number of ether oxygens (including phenoxy) is 1. The van der Waals surface area contributed by atoms with Gasteiger partial charge < -0.3 is 15.2 Å². The Morgan fingerprint density at radius 1 is 1.04 bits per heavy atom. The molecular weight excluding hydrogens is 342 g/mol. The average molecular weight is 361 g/mol. The minimum atomic E-state index is -0.00787. The molecule has 136 valence electrons. The molecule has 0 saturated heterocycles. The number of fused-ring (bicyclic) bond motifs is 1. The van der Waals surface area contributed by atoms with Gasteiger partial charge in [-0.25, -0.2) is 0 Å². The maximum absolute atomic E-state index is 8.88. The predicted molar refractivity (Wildman–Crippen MR) is 103 cm³/mol. The van der Waals surface area contributed by atoms with Crippen molar-refractivity contribution < 1.29 is 9.84 Å². The second-order valence-electron chi connectivity index (χ2n) is 6.06. The third-order valence-electron chi connectivity index (χ3n) is 4.09. The molecular formula is C20H19N5O2. The van der Waals surface area contributed by atoms with Crippen LogP contribution in [0.2, 0.25) is 0 Å². The minimum absolute atomic E-state index is 0.00787. The van der Waals surface area contributed by atoms with Crippen LogP contribution in [-0.2, 0) is 0 Å². The Balaban J connectivity index is 1.62. The third kappa shape index (κ3) is 3.58. The number of nitrogens with one attached hydrogen (secondary N) is 1. The highest BCUT2D eigenvalue weighted by Crippen LogP contribution is 2.24. The van der Waals surface area contributed by atoms with E-state index in [4.69, 9.17) is 9.84 Å². The van der Waals surface area contributed by atoms with Crippen LogP contribution in [0.1, 0.15) is 5.56 Å². The van der Waals surface area contributed by atoms with Crippen molar-refractivity contribution in [2.75, 3.05) is 18.5 Å². The number of nitrogens with zero attached hydrogens (tertiary/aromatic N) is 4. The lowest BCUT2D eigenvalue weighted by atomic mass is 10.2. The Bertz CT molecular complexity index is 1060. The Kier molecular flexibility index (Phi) is 4.67. The molecule has 0 saturated carbocycles. The Labute approximate surface area is 156 Å². The molecule has 7 heteroatoms. The molecule has 0 atom stereocenters. The van der Waals surface area contributed by atoms with E-state index >= 15 is 0 Å². The summed E-state index contributed by atoms with van der Waals surface area (Å²) in [5.74, 6) is 2.13. The molecule has 0 aliphatic rings. The Hall–Kier alpha value is -3.45. The summed E-state index contributed by atoms with van der Waals surface area (Å²) in [4.78, 5) is 0. The molecule has 2 N–H and O–H groups in total. The van der Waals surface area contributed by atoms with Crippen molar-refractivity contribution in [2.45, 2.75) is 6.92 Å². The Morgan fingerprint density at radius 3 is 2.67 bits per heavy atom. The molecule has 0 fully saturated rings. The van der Waals surface area contributed by atoms with Crippen molar-refractivity contribution in [3.05, 3.63) is 66.2 Å². The zero-order chi connectivity index (χ0) is 18.6. The van der Waals surface area contributed by atoms with Gasteiger partial charge in [-0.3, -0.25) is 0 Å². The summed E-state index contributed by atoms with van der Waals surface area (Å²) >= 11 is 0. The maximum atomic E-state index is 8.88. The molecule has 2 aromatic carbocycles. The molecule has 7 nitrogen and oxygen atoms in total. The van der Waals surface area contributed by atoms with Crippen molar-refractivity contribution in [3.8, 4) is 17.1 Å². The van der Waals surface area contributed by atoms with E-state index in [1.54, 1.807) is 4.52 Å². The molecule has 0 amide bonds. The van der Waals surface area contributed by atoms with Gasteiger partial charge in [-0.2, -0.15) is 4.52 Å².